The first-order valence-corrected chi connectivity index (χ1v) is 5.94. The predicted octanol–water partition coefficient (Wildman–Crippen LogP) is 0.889. The van der Waals surface area contributed by atoms with Crippen LogP contribution in [0, 0.1) is 13.8 Å². The van der Waals surface area contributed by atoms with E-state index in [0.29, 0.717) is 6.54 Å². The lowest BCUT2D eigenvalue weighted by Gasteiger charge is -2.16. The molecule has 1 unspecified atom stereocenters. The molecule has 0 bridgehead atoms. The van der Waals surface area contributed by atoms with Gasteiger partial charge >= 0.3 is 0 Å². The summed E-state index contributed by atoms with van der Waals surface area (Å²) < 4.78 is 1.79. The zero-order valence-electron chi connectivity index (χ0n) is 11.6. The lowest BCUT2D eigenvalue weighted by Crippen LogP contribution is -2.31. The molecule has 100 valence electrons. The van der Waals surface area contributed by atoms with Gasteiger partial charge < -0.3 is 10.0 Å². The summed E-state index contributed by atoms with van der Waals surface area (Å²) in [7, 11) is 3.55. The van der Waals surface area contributed by atoms with Crippen LogP contribution in [0.4, 0.5) is 0 Å². The minimum atomic E-state index is -0.519. The fourth-order valence-corrected chi connectivity index (χ4v) is 1.80. The van der Waals surface area contributed by atoms with E-state index < -0.39 is 6.10 Å². The van der Waals surface area contributed by atoms with Gasteiger partial charge in [-0.2, -0.15) is 5.10 Å². The Hall–Kier alpha value is -1.62. The van der Waals surface area contributed by atoms with Gasteiger partial charge in [0.05, 0.1) is 11.8 Å². The number of aromatic nitrogens is 2. The van der Waals surface area contributed by atoms with Gasteiger partial charge in [-0.1, -0.05) is 0 Å². The number of aryl methyl sites for hydroxylation is 2. The molecule has 5 nitrogen and oxygen atoms in total. The quantitative estimate of drug-likeness (QED) is 0.808. The molecule has 0 aliphatic rings. The van der Waals surface area contributed by atoms with E-state index in [-0.39, 0.29) is 5.91 Å². The summed E-state index contributed by atoms with van der Waals surface area (Å²) in [5, 5.41) is 13.5. The minimum Gasteiger partial charge on any atom is -0.392 e. The van der Waals surface area contributed by atoms with E-state index in [1.54, 1.807) is 24.7 Å². The van der Waals surface area contributed by atoms with Crippen LogP contribution < -0.4 is 0 Å². The highest BCUT2D eigenvalue weighted by Gasteiger charge is 2.09. The van der Waals surface area contributed by atoms with Crippen molar-refractivity contribution < 1.29 is 9.90 Å². The average Bonchev–Trinajstić information content (AvgIpc) is 2.49. The molecule has 0 spiro atoms. The SMILES string of the molecule is Cc1nn(C)c(C)c1C=CC(=O)N(C)CC(C)O. The molecule has 0 saturated heterocycles. The van der Waals surface area contributed by atoms with Crippen molar-refractivity contribution in [3.8, 4) is 0 Å². The number of aliphatic hydroxyl groups is 1. The third kappa shape index (κ3) is 3.43. The van der Waals surface area contributed by atoms with Gasteiger partial charge in [-0.3, -0.25) is 9.48 Å². The van der Waals surface area contributed by atoms with Gasteiger partial charge in [-0.05, 0) is 26.8 Å². The number of carbonyl (C=O) groups excluding carboxylic acids is 1. The monoisotopic (exact) mass is 251 g/mol. The van der Waals surface area contributed by atoms with Crippen LogP contribution in [0.25, 0.3) is 6.08 Å². The Labute approximate surface area is 108 Å². The lowest BCUT2D eigenvalue weighted by molar-refractivity contribution is -0.125. The number of likely N-dealkylation sites (N-methyl/N-ethyl adjacent to an activating group) is 1. The van der Waals surface area contributed by atoms with Crippen molar-refractivity contribution in [2.75, 3.05) is 13.6 Å². The Morgan fingerprint density at radius 2 is 2.17 bits per heavy atom. The highest BCUT2D eigenvalue weighted by Crippen LogP contribution is 2.13. The van der Waals surface area contributed by atoms with Gasteiger partial charge in [0.2, 0.25) is 5.91 Å². The maximum atomic E-state index is 11.8. The second-order valence-electron chi connectivity index (χ2n) is 4.61. The fraction of sp³-hybridized carbons (Fsp3) is 0.538. The molecule has 0 aromatic carbocycles. The van der Waals surface area contributed by atoms with Gasteiger partial charge in [0, 0.05) is 38.0 Å². The molecule has 1 atom stereocenters. The summed E-state index contributed by atoms with van der Waals surface area (Å²) in [5.41, 5.74) is 2.89. The summed E-state index contributed by atoms with van der Waals surface area (Å²) in [5.74, 6) is -0.126. The first-order chi connectivity index (χ1) is 8.32. The van der Waals surface area contributed by atoms with E-state index in [9.17, 15) is 9.90 Å². The molecular formula is C13H21N3O2. The predicted molar refractivity (Wildman–Crippen MR) is 71.0 cm³/mol. The average molecular weight is 251 g/mol. The lowest BCUT2D eigenvalue weighted by atomic mass is 10.2. The summed E-state index contributed by atoms with van der Waals surface area (Å²) in [6, 6.07) is 0. The van der Waals surface area contributed by atoms with E-state index in [2.05, 4.69) is 5.10 Å². The summed E-state index contributed by atoms with van der Waals surface area (Å²) in [4.78, 5) is 13.3. The largest absolute Gasteiger partial charge is 0.392 e. The second-order valence-corrected chi connectivity index (χ2v) is 4.61. The highest BCUT2D eigenvalue weighted by atomic mass is 16.3. The zero-order valence-corrected chi connectivity index (χ0v) is 11.6. The number of amides is 1. The molecule has 0 aliphatic carbocycles. The fourth-order valence-electron chi connectivity index (χ4n) is 1.80. The standard InChI is InChI=1S/C13H21N3O2/c1-9(17)8-15(4)13(18)7-6-12-10(2)14-16(5)11(12)3/h6-7,9,17H,8H2,1-5H3. The smallest absolute Gasteiger partial charge is 0.246 e. The van der Waals surface area contributed by atoms with Crippen LogP contribution >= 0.6 is 0 Å². The van der Waals surface area contributed by atoms with Crippen molar-refractivity contribution >= 4 is 12.0 Å². The van der Waals surface area contributed by atoms with Crippen LogP contribution in [0.1, 0.15) is 23.9 Å². The van der Waals surface area contributed by atoms with Crippen LogP contribution in [0.2, 0.25) is 0 Å². The van der Waals surface area contributed by atoms with Gasteiger partial charge in [-0.25, -0.2) is 0 Å². The Bertz CT molecular complexity index is 461. The zero-order chi connectivity index (χ0) is 13.9. The normalized spacial score (nSPS) is 13.0. The molecule has 1 aromatic rings. The molecule has 5 heteroatoms. The van der Waals surface area contributed by atoms with E-state index in [4.69, 9.17) is 0 Å². The molecule has 1 heterocycles. The van der Waals surface area contributed by atoms with Crippen molar-refractivity contribution in [3.63, 3.8) is 0 Å². The molecule has 0 aliphatic heterocycles. The summed E-state index contributed by atoms with van der Waals surface area (Å²) in [6.07, 6.45) is 2.77. The van der Waals surface area contributed by atoms with Gasteiger partial charge in [0.1, 0.15) is 0 Å². The van der Waals surface area contributed by atoms with Crippen LogP contribution in [0.5, 0.6) is 0 Å². The maximum Gasteiger partial charge on any atom is 0.246 e. The number of carbonyl (C=O) groups is 1. The second kappa shape index (κ2) is 5.82. The van der Waals surface area contributed by atoms with Crippen LogP contribution in [0.3, 0.4) is 0 Å². The molecule has 18 heavy (non-hydrogen) atoms. The Balaban J connectivity index is 2.78. The van der Waals surface area contributed by atoms with Crippen molar-refractivity contribution in [1.82, 2.24) is 14.7 Å². The Morgan fingerprint density at radius 3 is 2.61 bits per heavy atom. The first-order valence-electron chi connectivity index (χ1n) is 5.94. The molecular weight excluding hydrogens is 230 g/mol. The highest BCUT2D eigenvalue weighted by molar-refractivity contribution is 5.91. The van der Waals surface area contributed by atoms with Gasteiger partial charge in [0.15, 0.2) is 0 Å². The van der Waals surface area contributed by atoms with Crippen LogP contribution in [-0.2, 0) is 11.8 Å². The van der Waals surface area contributed by atoms with Crippen LogP contribution in [0.15, 0.2) is 6.08 Å². The number of aliphatic hydroxyl groups excluding tert-OH is 1. The topological polar surface area (TPSA) is 58.4 Å². The van der Waals surface area contributed by atoms with Crippen molar-refractivity contribution in [2.24, 2.45) is 7.05 Å². The molecule has 1 N–H and O–H groups in total. The molecule has 0 fully saturated rings. The molecule has 1 aromatic heterocycles. The van der Waals surface area contributed by atoms with Crippen molar-refractivity contribution in [1.29, 1.82) is 0 Å². The molecule has 0 saturated carbocycles. The number of hydrogen-bond donors (Lipinski definition) is 1. The van der Waals surface area contributed by atoms with Crippen LogP contribution in [-0.4, -0.2) is 45.4 Å². The Kier molecular flexibility index (Phi) is 4.67. The first kappa shape index (κ1) is 14.4. The number of nitrogens with zero attached hydrogens (tertiary/aromatic N) is 3. The molecule has 1 amide bonds. The third-order valence-electron chi connectivity index (χ3n) is 2.87. The summed E-state index contributed by atoms with van der Waals surface area (Å²) >= 11 is 0. The van der Waals surface area contributed by atoms with Crippen molar-refractivity contribution in [3.05, 3.63) is 23.0 Å². The van der Waals surface area contributed by atoms with E-state index in [0.717, 1.165) is 17.0 Å². The molecule has 1 rings (SSSR count). The maximum absolute atomic E-state index is 11.8. The minimum absolute atomic E-state index is 0.126. The summed E-state index contributed by atoms with van der Waals surface area (Å²) in [6.45, 7) is 5.86. The third-order valence-corrected chi connectivity index (χ3v) is 2.87. The van der Waals surface area contributed by atoms with E-state index in [1.165, 1.54) is 11.0 Å². The number of rotatable bonds is 4. The van der Waals surface area contributed by atoms with E-state index >= 15 is 0 Å². The van der Waals surface area contributed by atoms with Gasteiger partial charge in [0.25, 0.3) is 0 Å². The van der Waals surface area contributed by atoms with Gasteiger partial charge in [-0.15, -0.1) is 0 Å². The molecule has 0 radical (unpaired) electrons. The number of hydrogen-bond acceptors (Lipinski definition) is 3. The van der Waals surface area contributed by atoms with E-state index in [1.807, 2.05) is 20.9 Å². The Morgan fingerprint density at radius 1 is 1.56 bits per heavy atom. The van der Waals surface area contributed by atoms with Crippen molar-refractivity contribution in [2.45, 2.75) is 26.9 Å².